The third kappa shape index (κ3) is 11.4. The molecule has 0 saturated carbocycles. The molecule has 1 saturated heterocycles. The molecule has 13 heteroatoms. The lowest BCUT2D eigenvalue weighted by Gasteiger charge is -2.24. The second kappa shape index (κ2) is 19.8. The number of amides is 1. The number of ether oxygens (including phenoxy) is 2. The Morgan fingerprint density at radius 2 is 1.63 bits per heavy atom. The van der Waals surface area contributed by atoms with E-state index >= 15 is 0 Å². The normalized spacial score (nSPS) is 15.2. The number of carbonyl (C=O) groups excluding carboxylic acids is 2. The molecule has 0 unspecified atom stereocenters. The SMILES string of the molecule is CC(C)=CCC/C(C)=C/CC/C(C)=C/CSc1ccccc1C(=O)N1CCC[C@H]1C(=O)OC/C=C/COc1no[n+]([O-])c1S(=O)(=O)c1ccccc1. The Morgan fingerprint density at radius 3 is 2.38 bits per heavy atom. The predicted octanol–water partition coefficient (Wildman–Crippen LogP) is 7.44. The number of aromatic nitrogens is 2. The van der Waals surface area contributed by atoms with E-state index in [4.69, 9.17) is 9.47 Å². The molecule has 0 aliphatic carbocycles. The van der Waals surface area contributed by atoms with Crippen LogP contribution < -0.4 is 9.64 Å². The summed E-state index contributed by atoms with van der Waals surface area (Å²) in [5, 5.41) is 14.7. The Labute approximate surface area is 310 Å². The maximum atomic E-state index is 13.7. The van der Waals surface area contributed by atoms with Crippen LogP contribution in [0.3, 0.4) is 0 Å². The minimum atomic E-state index is -4.24. The molecule has 1 aliphatic rings. The topological polar surface area (TPSA) is 143 Å². The molecule has 0 radical (unpaired) electrons. The summed E-state index contributed by atoms with van der Waals surface area (Å²) < 4.78 is 41.1. The van der Waals surface area contributed by atoms with Gasteiger partial charge < -0.3 is 19.6 Å². The zero-order valence-corrected chi connectivity index (χ0v) is 31.8. The average molecular weight is 750 g/mol. The van der Waals surface area contributed by atoms with Crippen molar-refractivity contribution in [3.8, 4) is 5.88 Å². The zero-order valence-electron chi connectivity index (χ0n) is 30.2. The van der Waals surface area contributed by atoms with Crippen LogP contribution in [-0.2, 0) is 19.4 Å². The summed E-state index contributed by atoms with van der Waals surface area (Å²) in [6, 6.07) is 14.1. The fourth-order valence-corrected chi connectivity index (χ4v) is 7.85. The number of sulfone groups is 1. The van der Waals surface area contributed by atoms with Crippen molar-refractivity contribution in [2.75, 3.05) is 25.5 Å². The fraction of sp³-hybridized carbons (Fsp3) is 0.385. The number of rotatable bonds is 18. The highest BCUT2D eigenvalue weighted by molar-refractivity contribution is 7.99. The van der Waals surface area contributed by atoms with Gasteiger partial charge in [0.25, 0.3) is 15.7 Å². The number of likely N-dealkylation sites (tertiary alicyclic amines) is 1. The van der Waals surface area contributed by atoms with Crippen LogP contribution in [0.2, 0.25) is 0 Å². The monoisotopic (exact) mass is 749 g/mol. The molecule has 2 heterocycles. The van der Waals surface area contributed by atoms with Crippen LogP contribution in [0.5, 0.6) is 5.88 Å². The molecule has 0 bridgehead atoms. The van der Waals surface area contributed by atoms with Crippen molar-refractivity contribution in [2.45, 2.75) is 87.1 Å². The van der Waals surface area contributed by atoms with Crippen LogP contribution in [0.15, 0.2) is 121 Å². The molecule has 11 nitrogen and oxygen atoms in total. The highest BCUT2D eigenvalue weighted by Crippen LogP contribution is 2.29. The first-order valence-corrected chi connectivity index (χ1v) is 19.8. The van der Waals surface area contributed by atoms with Crippen molar-refractivity contribution >= 4 is 33.5 Å². The van der Waals surface area contributed by atoms with Crippen molar-refractivity contribution in [1.82, 2.24) is 10.1 Å². The molecule has 1 amide bonds. The Hall–Kier alpha value is -4.62. The smallest absolute Gasteiger partial charge is 0.415 e. The van der Waals surface area contributed by atoms with Gasteiger partial charge in [0.05, 0.1) is 15.6 Å². The number of benzene rings is 2. The molecule has 1 atom stereocenters. The Kier molecular flexibility index (Phi) is 15.3. The van der Waals surface area contributed by atoms with Crippen LogP contribution >= 0.6 is 11.8 Å². The number of hydrogen-bond acceptors (Lipinski definition) is 10. The lowest BCUT2D eigenvalue weighted by Crippen LogP contribution is -2.41. The van der Waals surface area contributed by atoms with E-state index in [0.29, 0.717) is 24.9 Å². The summed E-state index contributed by atoms with van der Waals surface area (Å²) in [4.78, 5) is 28.9. The number of hydrogen-bond donors (Lipinski definition) is 0. The molecule has 1 aliphatic heterocycles. The second-order valence-corrected chi connectivity index (χ2v) is 15.6. The van der Waals surface area contributed by atoms with Crippen LogP contribution in [0.25, 0.3) is 0 Å². The molecule has 2 aromatic carbocycles. The standard InChI is InChI=1S/C39H47N3O8S2/c1-29(2)15-12-16-30(3)17-13-18-31(4)24-28-51-35-23-9-8-21-33(35)37(43)41-25-14-22-34(41)39(44)49-27-11-10-26-48-36-38(42(45)50-40-36)52(46,47)32-19-6-5-7-20-32/h5-11,15,17,19-21,23-24,34H,12-14,16,18,22,25-28H2,1-4H3/b11-10+,30-17+,31-24+/t34-/m0/s1. The zero-order chi connectivity index (χ0) is 37.5. The molecular weight excluding hydrogens is 703 g/mol. The number of esters is 1. The van der Waals surface area contributed by atoms with Crippen molar-refractivity contribution in [2.24, 2.45) is 0 Å². The van der Waals surface area contributed by atoms with Gasteiger partial charge in [0.2, 0.25) is 0 Å². The summed E-state index contributed by atoms with van der Waals surface area (Å²) in [6.45, 7) is 8.76. The molecule has 0 spiro atoms. The number of allylic oxidation sites excluding steroid dienone is 5. The van der Waals surface area contributed by atoms with E-state index in [-0.39, 0.29) is 28.9 Å². The van der Waals surface area contributed by atoms with E-state index in [1.807, 2.05) is 18.2 Å². The van der Waals surface area contributed by atoms with Crippen molar-refractivity contribution in [3.63, 3.8) is 0 Å². The predicted molar refractivity (Wildman–Crippen MR) is 200 cm³/mol. The lowest BCUT2D eigenvalue weighted by atomic mass is 10.1. The number of thioether (sulfide) groups is 1. The summed E-state index contributed by atoms with van der Waals surface area (Å²) in [7, 11) is -4.24. The third-order valence-corrected chi connectivity index (χ3v) is 11.1. The van der Waals surface area contributed by atoms with Crippen LogP contribution in [0.4, 0.5) is 0 Å². The van der Waals surface area contributed by atoms with Crippen LogP contribution in [0, 0.1) is 5.21 Å². The third-order valence-electron chi connectivity index (χ3n) is 8.36. The summed E-state index contributed by atoms with van der Waals surface area (Å²) in [5.74, 6) is -0.472. The largest absolute Gasteiger partial charge is 0.460 e. The highest BCUT2D eigenvalue weighted by atomic mass is 32.2. The first-order chi connectivity index (χ1) is 25.0. The van der Waals surface area contributed by atoms with Gasteiger partial charge in [-0.05, 0) is 108 Å². The molecule has 278 valence electrons. The van der Waals surface area contributed by atoms with E-state index in [0.717, 1.165) is 36.3 Å². The maximum Gasteiger partial charge on any atom is 0.415 e. The van der Waals surface area contributed by atoms with E-state index in [1.165, 1.54) is 53.1 Å². The Balaban J connectivity index is 1.25. The number of nitrogens with zero attached hydrogens (tertiary/aromatic N) is 3. The van der Waals surface area contributed by atoms with Crippen molar-refractivity contribution < 1.29 is 37.0 Å². The second-order valence-electron chi connectivity index (χ2n) is 12.7. The van der Waals surface area contributed by atoms with Gasteiger partial charge in [0.15, 0.2) is 0 Å². The van der Waals surface area contributed by atoms with Crippen molar-refractivity contribution in [1.29, 1.82) is 0 Å². The fourth-order valence-electron chi connectivity index (χ4n) is 5.52. The summed E-state index contributed by atoms with van der Waals surface area (Å²) in [6.07, 6.45) is 15.1. The van der Waals surface area contributed by atoms with Crippen LogP contribution in [0.1, 0.15) is 76.6 Å². The highest BCUT2D eigenvalue weighted by Gasteiger charge is 2.37. The van der Waals surface area contributed by atoms with Gasteiger partial charge in [-0.1, -0.05) is 65.3 Å². The Morgan fingerprint density at radius 1 is 0.962 bits per heavy atom. The lowest BCUT2D eigenvalue weighted by molar-refractivity contribution is -0.832. The van der Waals surface area contributed by atoms with E-state index < -0.39 is 32.8 Å². The molecular formula is C39H47N3O8S2. The van der Waals surface area contributed by atoms with Gasteiger partial charge in [0, 0.05) is 17.2 Å². The Bertz CT molecular complexity index is 1890. The van der Waals surface area contributed by atoms with E-state index in [9.17, 15) is 23.2 Å². The molecule has 0 N–H and O–H groups in total. The van der Waals surface area contributed by atoms with Crippen LogP contribution in [-0.4, -0.2) is 61.9 Å². The first kappa shape index (κ1) is 40.2. The van der Waals surface area contributed by atoms with Gasteiger partial charge >= 0.3 is 16.9 Å². The van der Waals surface area contributed by atoms with Crippen molar-refractivity contribution in [3.05, 3.63) is 112 Å². The summed E-state index contributed by atoms with van der Waals surface area (Å²) in [5.41, 5.74) is 4.63. The molecule has 1 aromatic heterocycles. The maximum absolute atomic E-state index is 13.7. The van der Waals surface area contributed by atoms with Gasteiger partial charge in [-0.3, -0.25) is 9.42 Å². The molecule has 3 aromatic rings. The number of carbonyl (C=O) groups is 2. The average Bonchev–Trinajstić information content (AvgIpc) is 3.77. The molecule has 1 fully saturated rings. The minimum Gasteiger partial charge on any atom is -0.460 e. The first-order valence-electron chi connectivity index (χ1n) is 17.3. The molecule has 4 rings (SSSR count). The quantitative estimate of drug-likeness (QED) is 0.0558. The van der Waals surface area contributed by atoms with E-state index in [1.54, 1.807) is 28.8 Å². The van der Waals surface area contributed by atoms with Gasteiger partial charge in [-0.15, -0.1) is 11.8 Å². The van der Waals surface area contributed by atoms with Gasteiger partial charge in [-0.2, -0.15) is 0 Å². The summed E-state index contributed by atoms with van der Waals surface area (Å²) >= 11 is 1.60. The van der Waals surface area contributed by atoms with Gasteiger partial charge in [-0.25, -0.2) is 13.2 Å². The van der Waals surface area contributed by atoms with E-state index in [2.05, 4.69) is 55.7 Å². The molecule has 52 heavy (non-hydrogen) atoms. The minimum absolute atomic E-state index is 0.0976. The van der Waals surface area contributed by atoms with Gasteiger partial charge in [0.1, 0.15) is 19.3 Å².